The molecule has 144 valence electrons. The minimum Gasteiger partial charge on any atom is -0.497 e. The quantitative estimate of drug-likeness (QED) is 0.596. The van der Waals surface area contributed by atoms with Crippen molar-refractivity contribution >= 4 is 46.2 Å². The summed E-state index contributed by atoms with van der Waals surface area (Å²) in [5, 5.41) is 1.08. The van der Waals surface area contributed by atoms with E-state index in [-0.39, 0.29) is 4.32 Å². The third kappa shape index (κ3) is 4.18. The Bertz CT molecular complexity index is 971. The van der Waals surface area contributed by atoms with Gasteiger partial charge in [-0.25, -0.2) is 0 Å². The van der Waals surface area contributed by atoms with Crippen LogP contribution in [0.25, 0.3) is 6.08 Å². The number of hydrogen-bond donors (Lipinski definition) is 1. The summed E-state index contributed by atoms with van der Waals surface area (Å²) in [6.45, 7) is 1.93. The fourth-order valence-corrected chi connectivity index (χ4v) is 3.70. The smallest absolute Gasteiger partial charge is 0.285 e. The van der Waals surface area contributed by atoms with E-state index < -0.39 is 11.8 Å². The second kappa shape index (κ2) is 8.45. The monoisotopic (exact) mass is 414 g/mol. The molecule has 1 aliphatic rings. The summed E-state index contributed by atoms with van der Waals surface area (Å²) in [7, 11) is 3.11. The van der Waals surface area contributed by atoms with Crippen molar-refractivity contribution in [3.8, 4) is 11.5 Å². The Hall–Kier alpha value is -2.84. The molecule has 3 rings (SSSR count). The van der Waals surface area contributed by atoms with Gasteiger partial charge in [-0.3, -0.25) is 15.0 Å². The van der Waals surface area contributed by atoms with Crippen molar-refractivity contribution in [3.05, 3.63) is 64.1 Å². The van der Waals surface area contributed by atoms with Crippen LogP contribution in [-0.4, -0.2) is 35.4 Å². The van der Waals surface area contributed by atoms with Gasteiger partial charge in [0.25, 0.3) is 11.8 Å². The maximum absolute atomic E-state index is 12.8. The van der Waals surface area contributed by atoms with E-state index >= 15 is 0 Å². The Kier molecular flexibility index (Phi) is 6.01. The second-order valence-corrected chi connectivity index (χ2v) is 7.61. The van der Waals surface area contributed by atoms with Gasteiger partial charge in [0.15, 0.2) is 4.32 Å². The third-order valence-corrected chi connectivity index (χ3v) is 5.35. The van der Waals surface area contributed by atoms with E-state index in [1.807, 2.05) is 19.1 Å². The summed E-state index contributed by atoms with van der Waals surface area (Å²) in [5.41, 5.74) is 4.72. The first-order valence-corrected chi connectivity index (χ1v) is 9.53. The molecule has 0 saturated carbocycles. The average Bonchev–Trinajstić information content (AvgIpc) is 2.95. The number of thiocarbonyl (C=S) groups is 1. The molecule has 8 heteroatoms. The lowest BCUT2D eigenvalue weighted by Crippen LogP contribution is -2.44. The van der Waals surface area contributed by atoms with Gasteiger partial charge in [-0.05, 0) is 55.5 Å². The largest absolute Gasteiger partial charge is 0.497 e. The highest BCUT2D eigenvalue weighted by Crippen LogP contribution is 2.34. The maximum atomic E-state index is 12.8. The van der Waals surface area contributed by atoms with Crippen molar-refractivity contribution in [2.24, 2.45) is 0 Å². The van der Waals surface area contributed by atoms with Gasteiger partial charge in [0, 0.05) is 11.1 Å². The lowest BCUT2D eigenvalue weighted by atomic mass is 10.1. The summed E-state index contributed by atoms with van der Waals surface area (Å²) < 4.78 is 10.8. The normalized spacial score (nSPS) is 15.1. The molecule has 1 heterocycles. The molecular formula is C20H18N2O4S2. The van der Waals surface area contributed by atoms with E-state index in [1.165, 1.54) is 0 Å². The molecule has 0 unspecified atom stereocenters. The molecule has 0 atom stereocenters. The molecule has 1 saturated heterocycles. The molecule has 0 spiro atoms. The molecule has 1 fully saturated rings. The summed E-state index contributed by atoms with van der Waals surface area (Å²) in [6.07, 6.45) is 1.67. The van der Waals surface area contributed by atoms with Gasteiger partial charge in [-0.1, -0.05) is 29.5 Å². The average molecular weight is 415 g/mol. The molecule has 28 heavy (non-hydrogen) atoms. The molecule has 2 aromatic carbocycles. The van der Waals surface area contributed by atoms with E-state index in [2.05, 4.69) is 5.43 Å². The van der Waals surface area contributed by atoms with Crippen LogP contribution in [0.5, 0.6) is 11.5 Å². The third-order valence-electron chi connectivity index (χ3n) is 4.04. The van der Waals surface area contributed by atoms with Gasteiger partial charge < -0.3 is 9.47 Å². The number of thioether (sulfide) groups is 1. The van der Waals surface area contributed by atoms with Crippen molar-refractivity contribution in [2.75, 3.05) is 14.2 Å². The number of hydrazine groups is 1. The molecule has 0 bridgehead atoms. The van der Waals surface area contributed by atoms with Gasteiger partial charge in [-0.2, -0.15) is 5.01 Å². The van der Waals surface area contributed by atoms with Gasteiger partial charge in [0.1, 0.15) is 11.5 Å². The lowest BCUT2D eigenvalue weighted by molar-refractivity contribution is -0.123. The molecule has 2 amide bonds. The first-order valence-electron chi connectivity index (χ1n) is 8.30. The van der Waals surface area contributed by atoms with Gasteiger partial charge in [0.2, 0.25) is 0 Å². The molecule has 0 radical (unpaired) electrons. The Morgan fingerprint density at radius 1 is 1.14 bits per heavy atom. The van der Waals surface area contributed by atoms with Crippen LogP contribution in [0.3, 0.4) is 0 Å². The molecule has 0 aromatic heterocycles. The Morgan fingerprint density at radius 2 is 1.86 bits per heavy atom. The molecule has 2 aromatic rings. The van der Waals surface area contributed by atoms with Gasteiger partial charge in [0.05, 0.1) is 19.1 Å². The van der Waals surface area contributed by atoms with Crippen molar-refractivity contribution in [2.45, 2.75) is 6.92 Å². The van der Waals surface area contributed by atoms with Crippen molar-refractivity contribution in [3.63, 3.8) is 0 Å². The van der Waals surface area contributed by atoms with Crippen LogP contribution < -0.4 is 14.9 Å². The number of carbonyl (C=O) groups is 2. The molecule has 1 N–H and O–H groups in total. The highest BCUT2D eigenvalue weighted by molar-refractivity contribution is 8.26. The minimum absolute atomic E-state index is 0.249. The molecular weight excluding hydrogens is 396 g/mol. The van der Waals surface area contributed by atoms with E-state index in [0.717, 1.165) is 22.3 Å². The van der Waals surface area contributed by atoms with Crippen LogP contribution in [0.4, 0.5) is 0 Å². The predicted molar refractivity (Wildman–Crippen MR) is 113 cm³/mol. The lowest BCUT2D eigenvalue weighted by Gasteiger charge is -2.15. The van der Waals surface area contributed by atoms with Gasteiger partial charge >= 0.3 is 0 Å². The van der Waals surface area contributed by atoms with Crippen molar-refractivity contribution < 1.29 is 19.1 Å². The number of nitrogens with zero attached hydrogens (tertiary/aromatic N) is 1. The molecule has 6 nitrogen and oxygen atoms in total. The maximum Gasteiger partial charge on any atom is 0.285 e. The Labute approximate surface area is 172 Å². The molecule has 1 aliphatic heterocycles. The fourth-order valence-electron chi connectivity index (χ4n) is 2.53. The number of ether oxygens (including phenoxy) is 2. The van der Waals surface area contributed by atoms with Crippen LogP contribution in [0, 0.1) is 6.92 Å². The number of amides is 2. The minimum atomic E-state index is -0.406. The topological polar surface area (TPSA) is 67.9 Å². The summed E-state index contributed by atoms with van der Waals surface area (Å²) in [4.78, 5) is 25.6. The Morgan fingerprint density at radius 3 is 2.50 bits per heavy atom. The fraction of sp³-hybridized carbons (Fsp3) is 0.150. The zero-order valence-electron chi connectivity index (χ0n) is 15.5. The van der Waals surface area contributed by atoms with Crippen LogP contribution in [0.1, 0.15) is 21.5 Å². The van der Waals surface area contributed by atoms with Crippen LogP contribution in [0.2, 0.25) is 0 Å². The van der Waals surface area contributed by atoms with E-state index in [0.29, 0.717) is 27.5 Å². The zero-order valence-corrected chi connectivity index (χ0v) is 17.1. The second-order valence-electron chi connectivity index (χ2n) is 5.93. The highest BCUT2D eigenvalue weighted by atomic mass is 32.2. The standard InChI is InChI=1S/C20H18N2O4S2/c1-12-4-6-13(7-5-12)18(23)21-22-19(24)17(28-20(22)27)11-14-10-15(25-2)8-9-16(14)26-3/h4-11H,1-3H3,(H,21,23)/b17-11+. The Balaban J connectivity index is 1.82. The number of rotatable bonds is 5. The SMILES string of the molecule is COc1ccc(OC)c(/C=C2/SC(=S)N(NC(=O)c3ccc(C)cc3)C2=O)c1. The summed E-state index contributed by atoms with van der Waals surface area (Å²) in [6, 6.07) is 12.3. The number of nitrogens with one attached hydrogen (secondary N) is 1. The summed E-state index contributed by atoms with van der Waals surface area (Å²) >= 11 is 6.37. The number of methoxy groups -OCH3 is 2. The van der Waals surface area contributed by atoms with E-state index in [1.54, 1.807) is 50.6 Å². The zero-order chi connectivity index (χ0) is 20.3. The first kappa shape index (κ1) is 19.9. The van der Waals surface area contributed by atoms with E-state index in [4.69, 9.17) is 21.7 Å². The predicted octanol–water partition coefficient (Wildman–Crippen LogP) is 3.56. The number of carbonyl (C=O) groups excluding carboxylic acids is 2. The number of aryl methyl sites for hydroxylation is 1. The van der Waals surface area contributed by atoms with Crippen molar-refractivity contribution in [1.82, 2.24) is 10.4 Å². The summed E-state index contributed by atoms with van der Waals surface area (Å²) in [5.74, 6) is 0.418. The first-order chi connectivity index (χ1) is 13.4. The highest BCUT2D eigenvalue weighted by Gasteiger charge is 2.34. The van der Waals surface area contributed by atoms with Gasteiger partial charge in [-0.15, -0.1) is 0 Å². The van der Waals surface area contributed by atoms with E-state index in [9.17, 15) is 9.59 Å². The number of benzene rings is 2. The molecule has 0 aliphatic carbocycles. The van der Waals surface area contributed by atoms with Crippen molar-refractivity contribution in [1.29, 1.82) is 0 Å². The van der Waals surface area contributed by atoms with Crippen LogP contribution >= 0.6 is 24.0 Å². The van der Waals surface area contributed by atoms with Crippen LogP contribution in [-0.2, 0) is 4.79 Å². The van der Waals surface area contributed by atoms with Crippen LogP contribution in [0.15, 0.2) is 47.4 Å². The number of hydrogen-bond acceptors (Lipinski definition) is 6.